The molecule has 2 aliphatic rings. The number of aromatic nitrogens is 1. The number of aryl methyl sites for hydroxylation is 1. The molecule has 0 amide bonds. The number of thiazole rings is 1. The zero-order valence-electron chi connectivity index (χ0n) is 11.9. The van der Waals surface area contributed by atoms with Gasteiger partial charge < -0.3 is 10.6 Å². The molecule has 1 heterocycles. The van der Waals surface area contributed by atoms with Crippen LogP contribution in [0.4, 0.5) is 5.13 Å². The SMILES string of the molecule is CCCc1nc(N(CC2CC2)CC2CC2)sc1CN. The highest BCUT2D eigenvalue weighted by Gasteiger charge is 2.30. The summed E-state index contributed by atoms with van der Waals surface area (Å²) in [5.41, 5.74) is 7.12. The molecule has 1 aromatic heterocycles. The number of hydrogen-bond acceptors (Lipinski definition) is 4. The summed E-state index contributed by atoms with van der Waals surface area (Å²) in [5.74, 6) is 1.86. The average molecular weight is 279 g/mol. The molecule has 4 heteroatoms. The monoisotopic (exact) mass is 279 g/mol. The molecule has 0 saturated heterocycles. The van der Waals surface area contributed by atoms with Gasteiger partial charge in [-0.2, -0.15) is 0 Å². The third kappa shape index (κ3) is 3.48. The first-order valence-corrected chi connectivity index (χ1v) is 8.55. The summed E-state index contributed by atoms with van der Waals surface area (Å²) in [6.07, 6.45) is 7.89. The molecular weight excluding hydrogens is 254 g/mol. The van der Waals surface area contributed by atoms with Crippen molar-refractivity contribution in [3.8, 4) is 0 Å². The molecule has 0 aliphatic heterocycles. The fraction of sp³-hybridized carbons (Fsp3) is 0.800. The smallest absolute Gasteiger partial charge is 0.185 e. The molecule has 3 nitrogen and oxygen atoms in total. The van der Waals surface area contributed by atoms with Crippen LogP contribution in [0.25, 0.3) is 0 Å². The van der Waals surface area contributed by atoms with E-state index in [-0.39, 0.29) is 0 Å². The van der Waals surface area contributed by atoms with Crippen molar-refractivity contribution in [1.29, 1.82) is 0 Å². The van der Waals surface area contributed by atoms with Gasteiger partial charge in [0, 0.05) is 24.5 Å². The number of hydrogen-bond donors (Lipinski definition) is 1. The molecule has 0 aromatic carbocycles. The van der Waals surface area contributed by atoms with Gasteiger partial charge in [0.1, 0.15) is 0 Å². The molecule has 2 fully saturated rings. The number of nitrogens with zero attached hydrogens (tertiary/aromatic N) is 2. The lowest BCUT2D eigenvalue weighted by atomic mass is 10.2. The van der Waals surface area contributed by atoms with Gasteiger partial charge in [-0.1, -0.05) is 13.3 Å². The Bertz CT molecular complexity index is 407. The van der Waals surface area contributed by atoms with Gasteiger partial charge in [-0.05, 0) is 43.9 Å². The van der Waals surface area contributed by atoms with Crippen molar-refractivity contribution in [1.82, 2.24) is 4.98 Å². The maximum atomic E-state index is 5.87. The quantitative estimate of drug-likeness (QED) is 0.794. The minimum atomic E-state index is 0.647. The average Bonchev–Trinajstić information content (AvgIpc) is 3.32. The van der Waals surface area contributed by atoms with Crippen LogP contribution in [-0.2, 0) is 13.0 Å². The van der Waals surface area contributed by atoms with E-state index in [0.29, 0.717) is 6.54 Å². The van der Waals surface area contributed by atoms with E-state index in [9.17, 15) is 0 Å². The first-order chi connectivity index (χ1) is 9.30. The van der Waals surface area contributed by atoms with Gasteiger partial charge >= 0.3 is 0 Å². The predicted molar refractivity (Wildman–Crippen MR) is 81.7 cm³/mol. The van der Waals surface area contributed by atoms with E-state index < -0.39 is 0 Å². The Morgan fingerprint density at radius 3 is 2.32 bits per heavy atom. The van der Waals surface area contributed by atoms with Crippen molar-refractivity contribution >= 4 is 16.5 Å². The zero-order chi connectivity index (χ0) is 13.2. The largest absolute Gasteiger partial charge is 0.348 e. The Morgan fingerprint density at radius 1 is 1.21 bits per heavy atom. The fourth-order valence-corrected chi connectivity index (χ4v) is 3.55. The van der Waals surface area contributed by atoms with Gasteiger partial charge in [0.25, 0.3) is 0 Å². The van der Waals surface area contributed by atoms with Crippen molar-refractivity contribution in [3.05, 3.63) is 10.6 Å². The first kappa shape index (κ1) is 13.4. The van der Waals surface area contributed by atoms with Crippen LogP contribution in [-0.4, -0.2) is 18.1 Å². The Morgan fingerprint density at radius 2 is 1.84 bits per heavy atom. The van der Waals surface area contributed by atoms with Gasteiger partial charge in [0.2, 0.25) is 0 Å². The van der Waals surface area contributed by atoms with Gasteiger partial charge in [-0.3, -0.25) is 0 Å². The van der Waals surface area contributed by atoms with Crippen molar-refractivity contribution in [2.75, 3.05) is 18.0 Å². The normalized spacial score (nSPS) is 18.8. The Labute approximate surface area is 120 Å². The Hall–Kier alpha value is -0.610. The van der Waals surface area contributed by atoms with Crippen LogP contribution in [0.5, 0.6) is 0 Å². The topological polar surface area (TPSA) is 42.2 Å². The summed E-state index contributed by atoms with van der Waals surface area (Å²) < 4.78 is 0. The van der Waals surface area contributed by atoms with Gasteiger partial charge in [0.15, 0.2) is 5.13 Å². The minimum Gasteiger partial charge on any atom is -0.348 e. The second-order valence-electron chi connectivity index (χ2n) is 6.11. The van der Waals surface area contributed by atoms with Gasteiger partial charge in [-0.25, -0.2) is 4.98 Å². The molecule has 2 saturated carbocycles. The van der Waals surface area contributed by atoms with Gasteiger partial charge in [-0.15, -0.1) is 11.3 Å². The van der Waals surface area contributed by atoms with Crippen molar-refractivity contribution in [2.45, 2.75) is 52.0 Å². The molecule has 1 aromatic rings. The van der Waals surface area contributed by atoms with Crippen molar-refractivity contribution in [2.24, 2.45) is 17.6 Å². The maximum absolute atomic E-state index is 5.87. The molecule has 106 valence electrons. The van der Waals surface area contributed by atoms with E-state index in [2.05, 4.69) is 11.8 Å². The minimum absolute atomic E-state index is 0.647. The molecule has 0 unspecified atom stereocenters. The van der Waals surface area contributed by atoms with Crippen LogP contribution < -0.4 is 10.6 Å². The summed E-state index contributed by atoms with van der Waals surface area (Å²) in [6, 6.07) is 0. The van der Waals surface area contributed by atoms with Crippen LogP contribution in [0.2, 0.25) is 0 Å². The maximum Gasteiger partial charge on any atom is 0.185 e. The molecule has 0 spiro atoms. The number of rotatable bonds is 8. The fourth-order valence-electron chi connectivity index (χ4n) is 2.55. The summed E-state index contributed by atoms with van der Waals surface area (Å²) >= 11 is 1.84. The summed E-state index contributed by atoms with van der Waals surface area (Å²) in [6.45, 7) is 5.30. The highest BCUT2D eigenvalue weighted by Crippen LogP contribution is 2.37. The van der Waals surface area contributed by atoms with E-state index >= 15 is 0 Å². The second kappa shape index (κ2) is 5.80. The predicted octanol–water partition coefficient (Wildman–Crippen LogP) is 3.18. The van der Waals surface area contributed by atoms with Crippen LogP contribution in [0.1, 0.15) is 49.6 Å². The van der Waals surface area contributed by atoms with Crippen LogP contribution in [0, 0.1) is 11.8 Å². The Balaban J connectivity index is 1.74. The van der Waals surface area contributed by atoms with Gasteiger partial charge in [0.05, 0.1) is 5.69 Å². The number of nitrogens with two attached hydrogens (primary N) is 1. The van der Waals surface area contributed by atoms with Crippen LogP contribution in [0.15, 0.2) is 0 Å². The molecule has 2 N–H and O–H groups in total. The molecule has 0 bridgehead atoms. The molecular formula is C15H25N3S. The lowest BCUT2D eigenvalue weighted by molar-refractivity contribution is 0.676. The highest BCUT2D eigenvalue weighted by molar-refractivity contribution is 7.15. The zero-order valence-corrected chi connectivity index (χ0v) is 12.7. The van der Waals surface area contributed by atoms with Crippen LogP contribution in [0.3, 0.4) is 0 Å². The highest BCUT2D eigenvalue weighted by atomic mass is 32.1. The third-order valence-electron chi connectivity index (χ3n) is 4.06. The molecule has 0 radical (unpaired) electrons. The van der Waals surface area contributed by atoms with Crippen molar-refractivity contribution in [3.63, 3.8) is 0 Å². The summed E-state index contributed by atoms with van der Waals surface area (Å²) in [5, 5.41) is 1.24. The molecule has 0 atom stereocenters. The summed E-state index contributed by atoms with van der Waals surface area (Å²) in [4.78, 5) is 8.75. The molecule has 2 aliphatic carbocycles. The summed E-state index contributed by atoms with van der Waals surface area (Å²) in [7, 11) is 0. The molecule has 19 heavy (non-hydrogen) atoms. The third-order valence-corrected chi connectivity index (χ3v) is 5.24. The van der Waals surface area contributed by atoms with E-state index in [1.165, 1.54) is 54.5 Å². The second-order valence-corrected chi connectivity index (χ2v) is 7.17. The standard InChI is InChI=1S/C15H25N3S/c1-2-3-13-14(8-16)19-15(17-13)18(9-11-4-5-11)10-12-6-7-12/h11-12H,2-10,16H2,1H3. The van der Waals surface area contributed by atoms with E-state index in [0.717, 1.165) is 24.7 Å². The van der Waals surface area contributed by atoms with E-state index in [4.69, 9.17) is 10.7 Å². The first-order valence-electron chi connectivity index (χ1n) is 7.73. The van der Waals surface area contributed by atoms with E-state index in [1.54, 1.807) is 0 Å². The van der Waals surface area contributed by atoms with Crippen molar-refractivity contribution < 1.29 is 0 Å². The lowest BCUT2D eigenvalue weighted by Gasteiger charge is -2.21. The van der Waals surface area contributed by atoms with Crippen LogP contribution >= 0.6 is 11.3 Å². The molecule has 3 rings (SSSR count). The Kier molecular flexibility index (Phi) is 4.08. The lowest BCUT2D eigenvalue weighted by Crippen LogP contribution is -2.27. The van der Waals surface area contributed by atoms with E-state index in [1.807, 2.05) is 11.3 Å². The number of anilines is 1.